The molecule has 0 amide bonds. The van der Waals surface area contributed by atoms with Crippen LogP contribution < -0.4 is 5.32 Å². The third-order valence-corrected chi connectivity index (χ3v) is 2.95. The quantitative estimate of drug-likeness (QED) is 0.783. The van der Waals surface area contributed by atoms with E-state index in [1.165, 1.54) is 11.1 Å². The van der Waals surface area contributed by atoms with Crippen LogP contribution in [0.2, 0.25) is 0 Å². The number of nitrogens with one attached hydrogen (secondary N) is 1. The SMILES string of the molecule is CNCc1cc(C)ccc1O.Cc1ccc(O)c(C)c1.[HH]. The van der Waals surface area contributed by atoms with Gasteiger partial charge in [0.2, 0.25) is 0 Å². The highest BCUT2D eigenvalue weighted by molar-refractivity contribution is 5.35. The second-order valence-corrected chi connectivity index (χ2v) is 4.95. The molecule has 0 radical (unpaired) electrons. The Morgan fingerprint density at radius 3 is 1.95 bits per heavy atom. The summed E-state index contributed by atoms with van der Waals surface area (Å²) in [5.74, 6) is 0.741. The fourth-order valence-corrected chi connectivity index (χ4v) is 1.85. The maximum absolute atomic E-state index is 9.33. The van der Waals surface area contributed by atoms with Gasteiger partial charge in [-0.25, -0.2) is 0 Å². The van der Waals surface area contributed by atoms with Gasteiger partial charge >= 0.3 is 0 Å². The van der Waals surface area contributed by atoms with Crippen molar-refractivity contribution in [2.24, 2.45) is 0 Å². The van der Waals surface area contributed by atoms with E-state index in [2.05, 4.69) is 5.32 Å². The van der Waals surface area contributed by atoms with Gasteiger partial charge in [0.15, 0.2) is 0 Å². The normalized spacial score (nSPS) is 9.80. The maximum atomic E-state index is 9.33. The highest BCUT2D eigenvalue weighted by Crippen LogP contribution is 2.17. The summed E-state index contributed by atoms with van der Waals surface area (Å²) < 4.78 is 0. The summed E-state index contributed by atoms with van der Waals surface area (Å²) in [6.07, 6.45) is 0. The van der Waals surface area contributed by atoms with Gasteiger partial charge in [0.25, 0.3) is 0 Å². The fourth-order valence-electron chi connectivity index (χ4n) is 1.85. The van der Waals surface area contributed by atoms with Crippen LogP contribution in [0.3, 0.4) is 0 Å². The molecule has 0 aliphatic carbocycles. The van der Waals surface area contributed by atoms with Gasteiger partial charge < -0.3 is 15.5 Å². The van der Waals surface area contributed by atoms with E-state index in [4.69, 9.17) is 5.11 Å². The lowest BCUT2D eigenvalue weighted by Crippen LogP contribution is -2.05. The Kier molecular flexibility index (Phi) is 6.07. The number of phenols is 2. The lowest BCUT2D eigenvalue weighted by Gasteiger charge is -2.03. The molecular formula is C17H25NO2. The summed E-state index contributed by atoms with van der Waals surface area (Å²) in [4.78, 5) is 0. The van der Waals surface area contributed by atoms with Crippen LogP contribution in [-0.4, -0.2) is 17.3 Å². The van der Waals surface area contributed by atoms with Gasteiger partial charge in [0, 0.05) is 13.5 Å². The number of hydrogen-bond acceptors (Lipinski definition) is 3. The second kappa shape index (κ2) is 7.56. The predicted molar refractivity (Wildman–Crippen MR) is 85.3 cm³/mol. The van der Waals surface area contributed by atoms with Crippen molar-refractivity contribution in [2.45, 2.75) is 27.3 Å². The molecule has 3 nitrogen and oxygen atoms in total. The summed E-state index contributed by atoms with van der Waals surface area (Å²) in [7, 11) is 1.86. The number of hydrogen-bond donors (Lipinski definition) is 3. The number of rotatable bonds is 2. The van der Waals surface area contributed by atoms with Crippen molar-refractivity contribution in [3.8, 4) is 11.5 Å². The number of benzene rings is 2. The second-order valence-electron chi connectivity index (χ2n) is 4.95. The van der Waals surface area contributed by atoms with Crippen molar-refractivity contribution in [1.82, 2.24) is 5.32 Å². The molecule has 2 aromatic rings. The van der Waals surface area contributed by atoms with Crippen molar-refractivity contribution in [3.63, 3.8) is 0 Å². The topological polar surface area (TPSA) is 52.5 Å². The Morgan fingerprint density at radius 2 is 1.45 bits per heavy atom. The third kappa shape index (κ3) is 4.94. The number of phenolic OH excluding ortho intramolecular Hbond substituents is 2. The summed E-state index contributed by atoms with van der Waals surface area (Å²) in [6, 6.07) is 11.2. The molecule has 0 spiro atoms. The summed E-state index contributed by atoms with van der Waals surface area (Å²) in [5, 5.41) is 21.4. The van der Waals surface area contributed by atoms with E-state index in [0.29, 0.717) is 18.0 Å². The van der Waals surface area contributed by atoms with E-state index in [1.54, 1.807) is 12.1 Å². The van der Waals surface area contributed by atoms with Gasteiger partial charge in [-0.1, -0.05) is 35.4 Å². The van der Waals surface area contributed by atoms with Gasteiger partial charge in [0.1, 0.15) is 11.5 Å². The molecule has 0 atom stereocenters. The van der Waals surface area contributed by atoms with Gasteiger partial charge in [-0.3, -0.25) is 0 Å². The van der Waals surface area contributed by atoms with Crippen LogP contribution in [0.1, 0.15) is 23.7 Å². The van der Waals surface area contributed by atoms with Gasteiger partial charge in [-0.15, -0.1) is 0 Å². The molecule has 0 aliphatic heterocycles. The van der Waals surface area contributed by atoms with Crippen LogP contribution in [0.15, 0.2) is 36.4 Å². The summed E-state index contributed by atoms with van der Waals surface area (Å²) in [6.45, 7) is 6.63. The predicted octanol–water partition coefficient (Wildman–Crippen LogP) is 3.68. The molecule has 0 unspecified atom stereocenters. The van der Waals surface area contributed by atoms with Crippen LogP contribution in [0.4, 0.5) is 0 Å². The van der Waals surface area contributed by atoms with Gasteiger partial charge in [-0.2, -0.15) is 0 Å². The third-order valence-electron chi connectivity index (χ3n) is 2.95. The number of aryl methyl sites for hydroxylation is 3. The zero-order valence-corrected chi connectivity index (χ0v) is 12.6. The zero-order chi connectivity index (χ0) is 15.1. The molecule has 0 saturated carbocycles. The molecule has 0 fully saturated rings. The van der Waals surface area contributed by atoms with E-state index >= 15 is 0 Å². The monoisotopic (exact) mass is 275 g/mol. The zero-order valence-electron chi connectivity index (χ0n) is 12.6. The largest absolute Gasteiger partial charge is 0.508 e. The number of aromatic hydroxyl groups is 2. The Morgan fingerprint density at radius 1 is 0.900 bits per heavy atom. The molecule has 0 aromatic heterocycles. The van der Waals surface area contributed by atoms with Gasteiger partial charge in [-0.05, 0) is 45.5 Å². The van der Waals surface area contributed by atoms with Crippen LogP contribution in [0.5, 0.6) is 11.5 Å². The Balaban J connectivity index is 0.000000370. The lowest BCUT2D eigenvalue weighted by atomic mass is 10.1. The molecule has 0 saturated heterocycles. The molecule has 2 rings (SSSR count). The lowest BCUT2D eigenvalue weighted by molar-refractivity contribution is 0.466. The molecule has 3 heteroatoms. The van der Waals surface area contributed by atoms with Crippen LogP contribution >= 0.6 is 0 Å². The first kappa shape index (κ1) is 16.1. The highest BCUT2D eigenvalue weighted by atomic mass is 16.3. The van der Waals surface area contributed by atoms with Crippen LogP contribution in [0.25, 0.3) is 0 Å². The molecule has 3 N–H and O–H groups in total. The average molecular weight is 275 g/mol. The Hall–Kier alpha value is -2.00. The summed E-state index contributed by atoms with van der Waals surface area (Å²) in [5.41, 5.74) is 4.25. The first-order valence-electron chi connectivity index (χ1n) is 6.63. The molecule has 20 heavy (non-hydrogen) atoms. The summed E-state index contributed by atoms with van der Waals surface area (Å²) >= 11 is 0. The molecule has 2 aromatic carbocycles. The Bertz CT molecular complexity index is 571. The molecule has 0 bridgehead atoms. The van der Waals surface area contributed by atoms with Crippen LogP contribution in [-0.2, 0) is 6.54 Å². The molecule has 0 aliphatic rings. The molecule has 110 valence electrons. The van der Waals surface area contributed by atoms with Crippen molar-refractivity contribution in [1.29, 1.82) is 0 Å². The van der Waals surface area contributed by atoms with Crippen molar-refractivity contribution >= 4 is 0 Å². The Labute approximate surface area is 122 Å². The fraction of sp³-hybridized carbons (Fsp3) is 0.294. The van der Waals surface area contributed by atoms with E-state index in [1.807, 2.05) is 52.1 Å². The minimum atomic E-state index is 0. The first-order chi connectivity index (χ1) is 9.43. The van der Waals surface area contributed by atoms with Crippen molar-refractivity contribution in [2.75, 3.05) is 7.05 Å². The van der Waals surface area contributed by atoms with E-state index in [9.17, 15) is 5.11 Å². The minimum absolute atomic E-state index is 0. The highest BCUT2D eigenvalue weighted by Gasteiger charge is 1.98. The minimum Gasteiger partial charge on any atom is -0.508 e. The van der Waals surface area contributed by atoms with Crippen molar-refractivity contribution < 1.29 is 11.6 Å². The smallest absolute Gasteiger partial charge is 0.120 e. The molecular weight excluding hydrogens is 250 g/mol. The van der Waals surface area contributed by atoms with E-state index in [0.717, 1.165) is 11.1 Å². The van der Waals surface area contributed by atoms with Crippen molar-refractivity contribution in [3.05, 3.63) is 58.7 Å². The standard InChI is InChI=1S/C9H13NO.C8H10O.H2/c1-7-3-4-9(11)8(5-7)6-10-2;1-6-3-4-8(9)7(2)5-6;/h3-5,10-11H,6H2,1-2H3;3-5,9H,1-2H3;1H. The van der Waals surface area contributed by atoms with Gasteiger partial charge in [0.05, 0.1) is 0 Å². The first-order valence-corrected chi connectivity index (χ1v) is 6.63. The molecule has 0 heterocycles. The maximum Gasteiger partial charge on any atom is 0.120 e. The average Bonchev–Trinajstić information content (AvgIpc) is 2.40. The van der Waals surface area contributed by atoms with E-state index in [-0.39, 0.29) is 1.43 Å². The van der Waals surface area contributed by atoms with E-state index < -0.39 is 0 Å². The van der Waals surface area contributed by atoms with Crippen LogP contribution in [0, 0.1) is 20.8 Å².